The third kappa shape index (κ3) is 2.65. The number of halogens is 2. The lowest BCUT2D eigenvalue weighted by Gasteiger charge is -2.02. The molecule has 0 aliphatic rings. The molecule has 0 aliphatic heterocycles. The Bertz CT molecular complexity index is 701. The van der Waals surface area contributed by atoms with Crippen LogP contribution in [0.2, 0.25) is 0 Å². The summed E-state index contributed by atoms with van der Waals surface area (Å²) in [6.45, 7) is 4.00. The van der Waals surface area contributed by atoms with E-state index in [2.05, 4.69) is 0 Å². The first-order valence-corrected chi connectivity index (χ1v) is 7.20. The molecule has 1 aromatic heterocycles. The van der Waals surface area contributed by atoms with Crippen molar-refractivity contribution in [1.82, 2.24) is 0 Å². The van der Waals surface area contributed by atoms with E-state index >= 15 is 0 Å². The van der Waals surface area contributed by atoms with Crippen molar-refractivity contribution in [2.24, 2.45) is 0 Å². The number of rotatable bonds is 1. The zero-order chi connectivity index (χ0) is 14.7. The van der Waals surface area contributed by atoms with Crippen molar-refractivity contribution in [3.05, 3.63) is 54.1 Å². The van der Waals surface area contributed by atoms with Gasteiger partial charge in [0.2, 0.25) is 0 Å². The molecule has 0 radical (unpaired) electrons. The van der Waals surface area contributed by atoms with Crippen LogP contribution < -0.4 is 5.73 Å². The van der Waals surface area contributed by atoms with Gasteiger partial charge in [-0.25, -0.2) is 8.78 Å². The molecule has 1 nitrogen and oxygen atoms in total. The zero-order valence-corrected chi connectivity index (χ0v) is 12.1. The van der Waals surface area contributed by atoms with Crippen molar-refractivity contribution in [3.8, 4) is 10.4 Å². The fourth-order valence-corrected chi connectivity index (χ4v) is 2.95. The fraction of sp³-hybridized carbons (Fsp3) is 0.125. The second-order valence-corrected chi connectivity index (χ2v) is 5.09. The number of thiophene rings is 1. The molecule has 3 rings (SSSR count). The van der Waals surface area contributed by atoms with Crippen molar-refractivity contribution >= 4 is 27.1 Å². The van der Waals surface area contributed by atoms with E-state index < -0.39 is 11.6 Å². The molecule has 0 saturated carbocycles. The van der Waals surface area contributed by atoms with Crippen molar-refractivity contribution in [2.75, 3.05) is 5.73 Å². The van der Waals surface area contributed by atoms with Crippen molar-refractivity contribution in [2.45, 2.75) is 13.8 Å². The predicted molar refractivity (Wildman–Crippen MR) is 82.9 cm³/mol. The highest BCUT2D eigenvalue weighted by Gasteiger charge is 2.12. The first-order valence-electron chi connectivity index (χ1n) is 6.38. The lowest BCUT2D eigenvalue weighted by molar-refractivity contribution is 0.589. The SMILES string of the molecule is CC.Nc1cc(-c2cc3ccccc3s2)c(F)cc1F. The number of benzene rings is 2. The Hall–Kier alpha value is -1.94. The monoisotopic (exact) mass is 291 g/mol. The highest BCUT2D eigenvalue weighted by atomic mass is 32.1. The summed E-state index contributed by atoms with van der Waals surface area (Å²) in [7, 11) is 0. The maximum Gasteiger partial charge on any atom is 0.149 e. The maximum atomic E-state index is 13.8. The minimum Gasteiger partial charge on any atom is -0.396 e. The van der Waals surface area contributed by atoms with Gasteiger partial charge in [0.05, 0.1) is 5.69 Å². The summed E-state index contributed by atoms with van der Waals surface area (Å²) >= 11 is 1.46. The Labute approximate surface area is 120 Å². The number of nitrogens with two attached hydrogens (primary N) is 1. The average Bonchev–Trinajstić information content (AvgIpc) is 2.88. The second-order valence-electron chi connectivity index (χ2n) is 4.00. The summed E-state index contributed by atoms with van der Waals surface area (Å²) in [6, 6.07) is 11.8. The molecule has 0 bridgehead atoms. The van der Waals surface area contributed by atoms with Crippen LogP contribution in [0.1, 0.15) is 13.8 Å². The third-order valence-electron chi connectivity index (χ3n) is 2.78. The van der Waals surface area contributed by atoms with Gasteiger partial charge in [-0.15, -0.1) is 11.3 Å². The summed E-state index contributed by atoms with van der Waals surface area (Å²) in [5.74, 6) is -1.31. The fourth-order valence-electron chi connectivity index (χ4n) is 1.87. The van der Waals surface area contributed by atoms with E-state index in [1.54, 1.807) is 0 Å². The van der Waals surface area contributed by atoms with Crippen LogP contribution in [0.15, 0.2) is 42.5 Å². The summed E-state index contributed by atoms with van der Waals surface area (Å²) in [4.78, 5) is 0.750. The largest absolute Gasteiger partial charge is 0.396 e. The summed E-state index contributed by atoms with van der Waals surface area (Å²) in [5, 5.41) is 1.04. The molecule has 0 unspecified atom stereocenters. The Morgan fingerprint density at radius 1 is 0.950 bits per heavy atom. The minimum absolute atomic E-state index is 0.0381. The third-order valence-corrected chi connectivity index (χ3v) is 3.93. The van der Waals surface area contributed by atoms with Gasteiger partial charge in [0.1, 0.15) is 11.6 Å². The second kappa shape index (κ2) is 6.01. The molecule has 3 aromatic rings. The molecule has 0 amide bonds. The lowest BCUT2D eigenvalue weighted by atomic mass is 10.1. The van der Waals surface area contributed by atoms with E-state index in [-0.39, 0.29) is 5.69 Å². The molecule has 0 spiro atoms. The van der Waals surface area contributed by atoms with Crippen LogP contribution in [-0.4, -0.2) is 0 Å². The molecule has 20 heavy (non-hydrogen) atoms. The molecule has 2 N–H and O–H groups in total. The topological polar surface area (TPSA) is 26.0 Å². The Morgan fingerprint density at radius 2 is 1.65 bits per heavy atom. The Morgan fingerprint density at radius 3 is 2.35 bits per heavy atom. The van der Waals surface area contributed by atoms with E-state index in [0.29, 0.717) is 5.56 Å². The molecule has 0 atom stereocenters. The molecule has 4 heteroatoms. The van der Waals surface area contributed by atoms with Gasteiger partial charge in [-0.05, 0) is 23.6 Å². The summed E-state index contributed by atoms with van der Waals surface area (Å²) in [6.07, 6.45) is 0. The van der Waals surface area contributed by atoms with Crippen LogP contribution in [0.25, 0.3) is 20.5 Å². The molecule has 104 valence electrons. The number of hydrogen-bond acceptors (Lipinski definition) is 2. The minimum atomic E-state index is -0.725. The predicted octanol–water partition coefficient (Wildman–Crippen LogP) is 5.45. The highest BCUT2D eigenvalue weighted by Crippen LogP contribution is 2.36. The first kappa shape index (κ1) is 14.5. The number of nitrogen functional groups attached to an aromatic ring is 1. The first-order chi connectivity index (χ1) is 9.65. The molecule has 1 heterocycles. The van der Waals surface area contributed by atoms with E-state index in [4.69, 9.17) is 5.73 Å². The van der Waals surface area contributed by atoms with Crippen LogP contribution in [0, 0.1) is 11.6 Å². The average molecular weight is 291 g/mol. The van der Waals surface area contributed by atoms with Gasteiger partial charge < -0.3 is 5.73 Å². The summed E-state index contributed by atoms with van der Waals surface area (Å²) in [5.41, 5.74) is 5.79. The number of anilines is 1. The van der Waals surface area contributed by atoms with Gasteiger partial charge in [-0.1, -0.05) is 32.0 Å². The van der Waals surface area contributed by atoms with Gasteiger partial charge in [0.15, 0.2) is 0 Å². The zero-order valence-electron chi connectivity index (χ0n) is 11.3. The van der Waals surface area contributed by atoms with Crippen LogP contribution >= 0.6 is 11.3 Å². The molecule has 0 fully saturated rings. The number of hydrogen-bond donors (Lipinski definition) is 1. The van der Waals surface area contributed by atoms with Crippen LogP contribution in [0.4, 0.5) is 14.5 Å². The normalized spacial score (nSPS) is 10.2. The molecule has 0 aliphatic carbocycles. The van der Waals surface area contributed by atoms with Crippen LogP contribution in [-0.2, 0) is 0 Å². The quantitative estimate of drug-likeness (QED) is 0.592. The molecular formula is C16H15F2NS. The van der Waals surface area contributed by atoms with E-state index in [1.807, 2.05) is 44.2 Å². The Balaban J connectivity index is 0.000000704. The van der Waals surface area contributed by atoms with Gasteiger partial charge in [-0.3, -0.25) is 0 Å². The van der Waals surface area contributed by atoms with E-state index in [0.717, 1.165) is 21.0 Å². The highest BCUT2D eigenvalue weighted by molar-refractivity contribution is 7.22. The maximum absolute atomic E-state index is 13.8. The van der Waals surface area contributed by atoms with Crippen LogP contribution in [0.5, 0.6) is 0 Å². The molecule has 2 aromatic carbocycles. The van der Waals surface area contributed by atoms with Crippen molar-refractivity contribution in [3.63, 3.8) is 0 Å². The molecular weight excluding hydrogens is 276 g/mol. The number of fused-ring (bicyclic) bond motifs is 1. The van der Waals surface area contributed by atoms with Crippen molar-refractivity contribution < 1.29 is 8.78 Å². The lowest BCUT2D eigenvalue weighted by Crippen LogP contribution is -1.93. The van der Waals surface area contributed by atoms with Crippen molar-refractivity contribution in [1.29, 1.82) is 0 Å². The van der Waals surface area contributed by atoms with Gasteiger partial charge in [-0.2, -0.15) is 0 Å². The Kier molecular flexibility index (Phi) is 4.35. The standard InChI is InChI=1S/C14H9F2NS.C2H6/c15-10-7-11(16)12(17)6-9(10)14-5-8-3-1-2-4-13(8)18-14;1-2/h1-7H,17H2;1-2H3. The van der Waals surface area contributed by atoms with E-state index in [1.165, 1.54) is 17.4 Å². The van der Waals surface area contributed by atoms with Crippen LogP contribution in [0.3, 0.4) is 0 Å². The van der Waals surface area contributed by atoms with Gasteiger partial charge in [0.25, 0.3) is 0 Å². The van der Waals surface area contributed by atoms with E-state index in [9.17, 15) is 8.78 Å². The van der Waals surface area contributed by atoms with Gasteiger partial charge in [0, 0.05) is 21.2 Å². The van der Waals surface area contributed by atoms with Gasteiger partial charge >= 0.3 is 0 Å². The smallest absolute Gasteiger partial charge is 0.149 e. The molecule has 0 saturated heterocycles. The summed E-state index contributed by atoms with van der Waals surface area (Å²) < 4.78 is 27.9.